The van der Waals surface area contributed by atoms with E-state index in [4.69, 9.17) is 19.9 Å². The summed E-state index contributed by atoms with van der Waals surface area (Å²) in [4.78, 5) is 0. The van der Waals surface area contributed by atoms with Crippen molar-refractivity contribution in [2.45, 2.75) is 32.0 Å². The molecular formula is C10H21NO3. The van der Waals surface area contributed by atoms with Crippen molar-refractivity contribution in [1.29, 1.82) is 0 Å². The minimum Gasteiger partial charge on any atom is -0.381 e. The van der Waals surface area contributed by atoms with Gasteiger partial charge in [-0.15, -0.1) is 0 Å². The summed E-state index contributed by atoms with van der Waals surface area (Å²) < 4.78 is 16.3. The summed E-state index contributed by atoms with van der Waals surface area (Å²) >= 11 is 0. The molecule has 0 aromatic rings. The van der Waals surface area contributed by atoms with E-state index >= 15 is 0 Å². The predicted octanol–water partition coefficient (Wildman–Crippen LogP) is 0.546. The minimum absolute atomic E-state index is 0.0443. The lowest BCUT2D eigenvalue weighted by molar-refractivity contribution is -0.0719. The third kappa shape index (κ3) is 4.37. The summed E-state index contributed by atoms with van der Waals surface area (Å²) in [7, 11) is 0. The molecule has 84 valence electrons. The molecule has 4 nitrogen and oxygen atoms in total. The molecule has 0 spiro atoms. The summed E-state index contributed by atoms with van der Waals surface area (Å²) in [6.45, 7) is 5.42. The summed E-state index contributed by atoms with van der Waals surface area (Å²) in [6, 6.07) is 0. The molecule has 1 saturated heterocycles. The van der Waals surface area contributed by atoms with Crippen LogP contribution in [0.15, 0.2) is 0 Å². The molecule has 1 heterocycles. The van der Waals surface area contributed by atoms with Crippen LogP contribution in [-0.4, -0.2) is 45.2 Å². The predicted molar refractivity (Wildman–Crippen MR) is 54.3 cm³/mol. The van der Waals surface area contributed by atoms with Crippen molar-refractivity contribution in [1.82, 2.24) is 0 Å². The smallest absolute Gasteiger partial charge is 0.0930 e. The molecule has 1 aliphatic heterocycles. The second kappa shape index (κ2) is 7.17. The van der Waals surface area contributed by atoms with Gasteiger partial charge in [0.15, 0.2) is 0 Å². The first-order chi connectivity index (χ1) is 6.86. The van der Waals surface area contributed by atoms with Crippen LogP contribution in [0.1, 0.15) is 19.8 Å². The SMILES string of the molecule is CCOC(CN)COC1CCOCC1. The molecule has 4 heteroatoms. The summed E-state index contributed by atoms with van der Waals surface area (Å²) in [6.07, 6.45) is 2.36. The highest BCUT2D eigenvalue weighted by atomic mass is 16.5. The Hall–Kier alpha value is -0.160. The third-order valence-electron chi connectivity index (χ3n) is 2.35. The standard InChI is InChI=1S/C10H21NO3/c1-2-13-10(7-11)8-14-9-3-5-12-6-4-9/h9-10H,2-8,11H2,1H3. The lowest BCUT2D eigenvalue weighted by Gasteiger charge is -2.24. The van der Waals surface area contributed by atoms with Crippen LogP contribution in [0.2, 0.25) is 0 Å². The van der Waals surface area contributed by atoms with Gasteiger partial charge in [-0.25, -0.2) is 0 Å². The van der Waals surface area contributed by atoms with Crippen LogP contribution < -0.4 is 5.73 Å². The Morgan fingerprint density at radius 3 is 2.71 bits per heavy atom. The second-order valence-electron chi connectivity index (χ2n) is 3.46. The topological polar surface area (TPSA) is 53.7 Å². The average Bonchev–Trinajstić information content (AvgIpc) is 2.25. The maximum absolute atomic E-state index is 5.70. The van der Waals surface area contributed by atoms with E-state index in [2.05, 4.69) is 0 Å². The molecule has 14 heavy (non-hydrogen) atoms. The van der Waals surface area contributed by atoms with Gasteiger partial charge in [-0.1, -0.05) is 0 Å². The van der Waals surface area contributed by atoms with Crippen molar-refractivity contribution in [3.05, 3.63) is 0 Å². The highest BCUT2D eigenvalue weighted by Gasteiger charge is 2.16. The third-order valence-corrected chi connectivity index (χ3v) is 2.35. The van der Waals surface area contributed by atoms with E-state index in [0.29, 0.717) is 25.9 Å². The summed E-state index contributed by atoms with van der Waals surface area (Å²) in [5.74, 6) is 0. The Kier molecular flexibility index (Phi) is 6.10. The Morgan fingerprint density at radius 2 is 2.14 bits per heavy atom. The fourth-order valence-corrected chi connectivity index (χ4v) is 1.51. The zero-order valence-electron chi connectivity index (χ0n) is 8.91. The van der Waals surface area contributed by atoms with Crippen molar-refractivity contribution in [2.75, 3.05) is 33.0 Å². The van der Waals surface area contributed by atoms with Crippen LogP contribution in [0.5, 0.6) is 0 Å². The van der Waals surface area contributed by atoms with Gasteiger partial charge in [-0.2, -0.15) is 0 Å². The number of nitrogens with two attached hydrogens (primary N) is 1. The van der Waals surface area contributed by atoms with Gasteiger partial charge in [0.2, 0.25) is 0 Å². The molecule has 0 aromatic carbocycles. The summed E-state index contributed by atoms with van der Waals surface area (Å²) in [5.41, 5.74) is 5.54. The number of ether oxygens (including phenoxy) is 3. The van der Waals surface area contributed by atoms with E-state index in [9.17, 15) is 0 Å². The lowest BCUT2D eigenvalue weighted by Crippen LogP contribution is -2.33. The molecule has 2 N–H and O–H groups in total. The van der Waals surface area contributed by atoms with Gasteiger partial charge in [0, 0.05) is 26.4 Å². The van der Waals surface area contributed by atoms with Gasteiger partial charge in [-0.05, 0) is 19.8 Å². The molecule has 1 fully saturated rings. The van der Waals surface area contributed by atoms with Gasteiger partial charge >= 0.3 is 0 Å². The zero-order chi connectivity index (χ0) is 10.2. The van der Waals surface area contributed by atoms with E-state index in [1.54, 1.807) is 0 Å². The Labute approximate surface area is 85.7 Å². The van der Waals surface area contributed by atoms with Crippen molar-refractivity contribution in [3.8, 4) is 0 Å². The first-order valence-electron chi connectivity index (χ1n) is 5.37. The van der Waals surface area contributed by atoms with Crippen LogP contribution in [0, 0.1) is 0 Å². The Morgan fingerprint density at radius 1 is 1.43 bits per heavy atom. The molecule has 0 amide bonds. The minimum atomic E-state index is 0.0443. The number of hydrogen-bond acceptors (Lipinski definition) is 4. The van der Waals surface area contributed by atoms with Gasteiger partial charge in [-0.3, -0.25) is 0 Å². The van der Waals surface area contributed by atoms with Gasteiger partial charge in [0.1, 0.15) is 0 Å². The highest BCUT2D eigenvalue weighted by Crippen LogP contribution is 2.11. The van der Waals surface area contributed by atoms with E-state index < -0.39 is 0 Å². The van der Waals surface area contributed by atoms with Gasteiger partial charge < -0.3 is 19.9 Å². The van der Waals surface area contributed by atoms with Crippen molar-refractivity contribution < 1.29 is 14.2 Å². The lowest BCUT2D eigenvalue weighted by atomic mass is 10.1. The molecule has 0 bridgehead atoms. The fourth-order valence-electron chi connectivity index (χ4n) is 1.51. The number of hydrogen-bond donors (Lipinski definition) is 1. The molecule has 0 aliphatic carbocycles. The maximum Gasteiger partial charge on any atom is 0.0930 e. The van der Waals surface area contributed by atoms with Crippen molar-refractivity contribution in [2.24, 2.45) is 5.73 Å². The average molecular weight is 203 g/mol. The molecule has 1 aliphatic rings. The molecule has 0 radical (unpaired) electrons. The van der Waals surface area contributed by atoms with Gasteiger partial charge in [0.25, 0.3) is 0 Å². The largest absolute Gasteiger partial charge is 0.381 e. The molecule has 1 rings (SSSR count). The van der Waals surface area contributed by atoms with Crippen LogP contribution in [0.25, 0.3) is 0 Å². The van der Waals surface area contributed by atoms with E-state index in [1.165, 1.54) is 0 Å². The quantitative estimate of drug-likeness (QED) is 0.685. The molecule has 1 atom stereocenters. The molecule has 0 aromatic heterocycles. The Bertz CT molecular complexity index is 133. The normalized spacial score (nSPS) is 21.0. The fraction of sp³-hybridized carbons (Fsp3) is 1.00. The molecule has 0 saturated carbocycles. The zero-order valence-corrected chi connectivity index (χ0v) is 8.91. The van der Waals surface area contributed by atoms with Gasteiger partial charge in [0.05, 0.1) is 18.8 Å². The second-order valence-corrected chi connectivity index (χ2v) is 3.46. The molecular weight excluding hydrogens is 182 g/mol. The van der Waals surface area contributed by atoms with E-state index in [-0.39, 0.29) is 6.10 Å². The van der Waals surface area contributed by atoms with Crippen LogP contribution in [0.4, 0.5) is 0 Å². The maximum atomic E-state index is 5.70. The van der Waals surface area contributed by atoms with Crippen molar-refractivity contribution in [3.63, 3.8) is 0 Å². The van der Waals surface area contributed by atoms with Crippen LogP contribution in [-0.2, 0) is 14.2 Å². The number of rotatable bonds is 6. The molecule has 1 unspecified atom stereocenters. The van der Waals surface area contributed by atoms with Crippen LogP contribution >= 0.6 is 0 Å². The highest BCUT2D eigenvalue weighted by molar-refractivity contribution is 4.65. The van der Waals surface area contributed by atoms with E-state index in [0.717, 1.165) is 26.1 Å². The van der Waals surface area contributed by atoms with Crippen molar-refractivity contribution >= 4 is 0 Å². The Balaban J connectivity index is 2.10. The first-order valence-corrected chi connectivity index (χ1v) is 5.37. The van der Waals surface area contributed by atoms with E-state index in [1.807, 2.05) is 6.92 Å². The first kappa shape index (κ1) is 11.9. The summed E-state index contributed by atoms with van der Waals surface area (Å²) in [5, 5.41) is 0. The monoisotopic (exact) mass is 203 g/mol. The van der Waals surface area contributed by atoms with Crippen LogP contribution in [0.3, 0.4) is 0 Å².